The maximum absolute atomic E-state index is 12.0. The van der Waals surface area contributed by atoms with Gasteiger partial charge in [-0.2, -0.15) is 0 Å². The molecule has 0 aromatic carbocycles. The van der Waals surface area contributed by atoms with Gasteiger partial charge < -0.3 is 4.57 Å². The Morgan fingerprint density at radius 2 is 2.14 bits per heavy atom. The molecule has 0 bridgehead atoms. The van der Waals surface area contributed by atoms with E-state index in [4.69, 9.17) is 0 Å². The molecule has 0 radical (unpaired) electrons. The highest BCUT2D eigenvalue weighted by Crippen LogP contribution is 2.54. The summed E-state index contributed by atoms with van der Waals surface area (Å²) in [6.45, 7) is 0. The smallest absolute Gasteiger partial charge is 0.201 e. The monoisotopic (exact) mass is 190 g/mol. The van der Waals surface area contributed by atoms with E-state index in [0.29, 0.717) is 5.82 Å². The average molecular weight is 190 g/mol. The highest BCUT2D eigenvalue weighted by molar-refractivity contribution is 5.95. The molecule has 2 aliphatic carbocycles. The lowest BCUT2D eigenvalue weighted by Gasteiger charge is -2.09. The van der Waals surface area contributed by atoms with E-state index in [-0.39, 0.29) is 11.7 Å². The van der Waals surface area contributed by atoms with Crippen molar-refractivity contribution in [1.82, 2.24) is 9.55 Å². The summed E-state index contributed by atoms with van der Waals surface area (Å²) in [5, 5.41) is 0. The van der Waals surface area contributed by atoms with Crippen molar-refractivity contribution in [2.75, 3.05) is 0 Å². The van der Waals surface area contributed by atoms with Crippen LogP contribution in [0.25, 0.3) is 0 Å². The van der Waals surface area contributed by atoms with E-state index in [1.807, 2.05) is 17.8 Å². The number of carbonyl (C=O) groups excluding carboxylic acids is 1. The Kier molecular flexibility index (Phi) is 1.58. The molecule has 2 atom stereocenters. The summed E-state index contributed by atoms with van der Waals surface area (Å²) < 4.78 is 1.83. The summed E-state index contributed by atoms with van der Waals surface area (Å²) in [4.78, 5) is 16.1. The van der Waals surface area contributed by atoms with E-state index in [1.54, 1.807) is 6.20 Å². The second-order valence-corrected chi connectivity index (χ2v) is 4.65. The molecule has 3 rings (SSSR count). The Labute approximate surface area is 83.1 Å². The number of imidazole rings is 1. The fourth-order valence-electron chi connectivity index (χ4n) is 2.71. The maximum Gasteiger partial charge on any atom is 0.201 e. The number of hydrogen-bond acceptors (Lipinski definition) is 2. The van der Waals surface area contributed by atoms with Crippen molar-refractivity contribution in [3.8, 4) is 0 Å². The number of rotatable bonds is 2. The second-order valence-electron chi connectivity index (χ2n) is 4.65. The highest BCUT2D eigenvalue weighted by atomic mass is 16.1. The van der Waals surface area contributed by atoms with Crippen LogP contribution in [-0.4, -0.2) is 15.3 Å². The Morgan fingerprint density at radius 3 is 2.71 bits per heavy atom. The fraction of sp³-hybridized carbons (Fsp3) is 0.636. The molecule has 1 heterocycles. The molecule has 3 nitrogen and oxygen atoms in total. The zero-order chi connectivity index (χ0) is 9.71. The molecule has 0 amide bonds. The van der Waals surface area contributed by atoms with Gasteiger partial charge in [0.25, 0.3) is 0 Å². The van der Waals surface area contributed by atoms with Crippen LogP contribution in [0, 0.1) is 17.8 Å². The van der Waals surface area contributed by atoms with Gasteiger partial charge >= 0.3 is 0 Å². The third-order valence-electron chi connectivity index (χ3n) is 3.66. The van der Waals surface area contributed by atoms with Gasteiger partial charge in [-0.05, 0) is 31.1 Å². The van der Waals surface area contributed by atoms with Crippen molar-refractivity contribution in [2.45, 2.75) is 19.3 Å². The van der Waals surface area contributed by atoms with Crippen LogP contribution in [0.15, 0.2) is 12.4 Å². The molecular formula is C11H14N2O. The molecule has 0 N–H and O–H groups in total. The minimum Gasteiger partial charge on any atom is -0.332 e. The van der Waals surface area contributed by atoms with Crippen LogP contribution >= 0.6 is 0 Å². The third-order valence-corrected chi connectivity index (χ3v) is 3.66. The number of nitrogens with zero attached hydrogens (tertiary/aromatic N) is 2. The summed E-state index contributed by atoms with van der Waals surface area (Å²) in [5.41, 5.74) is 0. The van der Waals surface area contributed by atoms with Crippen molar-refractivity contribution in [3.63, 3.8) is 0 Å². The quantitative estimate of drug-likeness (QED) is 0.664. The molecular weight excluding hydrogens is 176 g/mol. The molecule has 3 heteroatoms. The molecule has 14 heavy (non-hydrogen) atoms. The van der Waals surface area contributed by atoms with Crippen LogP contribution in [0.4, 0.5) is 0 Å². The van der Waals surface area contributed by atoms with Gasteiger partial charge in [0.05, 0.1) is 0 Å². The Balaban J connectivity index is 1.79. The summed E-state index contributed by atoms with van der Waals surface area (Å²) in [7, 11) is 1.88. The van der Waals surface area contributed by atoms with E-state index in [2.05, 4.69) is 4.98 Å². The van der Waals surface area contributed by atoms with Crippen LogP contribution in [0.1, 0.15) is 29.9 Å². The molecule has 2 aliphatic rings. The topological polar surface area (TPSA) is 34.9 Å². The van der Waals surface area contributed by atoms with Gasteiger partial charge in [-0.25, -0.2) is 4.98 Å². The lowest BCUT2D eigenvalue weighted by atomic mass is 9.98. The second kappa shape index (κ2) is 2.69. The number of carbonyl (C=O) groups is 1. The first kappa shape index (κ1) is 8.21. The predicted octanol–water partition coefficient (Wildman–Crippen LogP) is 1.65. The van der Waals surface area contributed by atoms with Gasteiger partial charge in [-0.3, -0.25) is 4.79 Å². The Hall–Kier alpha value is -1.12. The van der Waals surface area contributed by atoms with E-state index in [1.165, 1.54) is 6.42 Å². The van der Waals surface area contributed by atoms with Gasteiger partial charge in [-0.1, -0.05) is 0 Å². The molecule has 2 fully saturated rings. The summed E-state index contributed by atoms with van der Waals surface area (Å²) in [6, 6.07) is 0. The Morgan fingerprint density at radius 1 is 1.43 bits per heavy atom. The van der Waals surface area contributed by atoms with E-state index < -0.39 is 0 Å². The summed E-state index contributed by atoms with van der Waals surface area (Å²) in [5.74, 6) is 2.88. The van der Waals surface area contributed by atoms with Crippen molar-refractivity contribution in [2.24, 2.45) is 24.8 Å². The van der Waals surface area contributed by atoms with Crippen LogP contribution in [-0.2, 0) is 7.05 Å². The number of aromatic nitrogens is 2. The number of ketones is 1. The number of fused-ring (bicyclic) bond motifs is 1. The zero-order valence-electron chi connectivity index (χ0n) is 8.31. The first-order valence-corrected chi connectivity index (χ1v) is 5.27. The van der Waals surface area contributed by atoms with Crippen molar-refractivity contribution in [3.05, 3.63) is 18.2 Å². The van der Waals surface area contributed by atoms with Crippen molar-refractivity contribution in [1.29, 1.82) is 0 Å². The van der Waals surface area contributed by atoms with Crippen LogP contribution in [0.5, 0.6) is 0 Å². The standard InChI is InChI=1S/C11H14N2O/c1-13-3-2-12-11(13)10(14)9-5-7-4-8(7)6-9/h2-3,7-9H,4-6H2,1H3. The van der Waals surface area contributed by atoms with Gasteiger partial charge in [0.1, 0.15) is 0 Å². The number of hydrogen-bond donors (Lipinski definition) is 0. The number of Topliss-reactive ketones (excluding diaryl/α,β-unsaturated/α-hetero) is 1. The lowest BCUT2D eigenvalue weighted by Crippen LogP contribution is -2.17. The van der Waals surface area contributed by atoms with Gasteiger partial charge in [0, 0.05) is 25.4 Å². The molecule has 2 unspecified atom stereocenters. The minimum atomic E-state index is 0.254. The predicted molar refractivity (Wildman–Crippen MR) is 51.9 cm³/mol. The molecule has 1 aromatic rings. The molecule has 1 aromatic heterocycles. The van der Waals surface area contributed by atoms with E-state index in [0.717, 1.165) is 24.7 Å². The van der Waals surface area contributed by atoms with Crippen LogP contribution < -0.4 is 0 Å². The lowest BCUT2D eigenvalue weighted by molar-refractivity contribution is 0.0900. The van der Waals surface area contributed by atoms with E-state index in [9.17, 15) is 4.79 Å². The molecule has 0 aliphatic heterocycles. The van der Waals surface area contributed by atoms with Crippen molar-refractivity contribution >= 4 is 5.78 Å². The summed E-state index contributed by atoms with van der Waals surface area (Å²) in [6.07, 6.45) is 7.11. The SMILES string of the molecule is Cn1ccnc1C(=O)C1CC2CC2C1. The largest absolute Gasteiger partial charge is 0.332 e. The normalized spacial score (nSPS) is 34.2. The average Bonchev–Trinajstić information content (AvgIpc) is 2.64. The Bertz CT molecular complexity index is 372. The first-order chi connectivity index (χ1) is 6.75. The van der Waals surface area contributed by atoms with Crippen LogP contribution in [0.2, 0.25) is 0 Å². The van der Waals surface area contributed by atoms with E-state index >= 15 is 0 Å². The molecule has 2 saturated carbocycles. The molecule has 0 spiro atoms. The zero-order valence-corrected chi connectivity index (χ0v) is 8.31. The van der Waals surface area contributed by atoms with Gasteiger partial charge in [-0.15, -0.1) is 0 Å². The van der Waals surface area contributed by atoms with Gasteiger partial charge in [0.15, 0.2) is 5.82 Å². The molecule has 74 valence electrons. The highest BCUT2D eigenvalue weighted by Gasteiger charge is 2.48. The fourth-order valence-corrected chi connectivity index (χ4v) is 2.71. The number of aryl methyl sites for hydroxylation is 1. The minimum absolute atomic E-state index is 0.254. The third kappa shape index (κ3) is 1.11. The van der Waals surface area contributed by atoms with Gasteiger partial charge in [0.2, 0.25) is 5.78 Å². The van der Waals surface area contributed by atoms with Crippen molar-refractivity contribution < 1.29 is 4.79 Å². The maximum atomic E-state index is 12.0. The molecule has 0 saturated heterocycles. The van der Waals surface area contributed by atoms with Crippen LogP contribution in [0.3, 0.4) is 0 Å². The summed E-state index contributed by atoms with van der Waals surface area (Å²) >= 11 is 0. The first-order valence-electron chi connectivity index (χ1n) is 5.27.